The third-order valence-electron chi connectivity index (χ3n) is 6.82. The summed E-state index contributed by atoms with van der Waals surface area (Å²) in [6.07, 6.45) is 0.585. The van der Waals surface area contributed by atoms with Crippen LogP contribution >= 0.6 is 0 Å². The van der Waals surface area contributed by atoms with Crippen molar-refractivity contribution in [2.75, 3.05) is 6.61 Å². The van der Waals surface area contributed by atoms with Gasteiger partial charge >= 0.3 is 0 Å². The number of phenols is 1. The van der Waals surface area contributed by atoms with Crippen molar-refractivity contribution in [1.82, 2.24) is 4.72 Å². The van der Waals surface area contributed by atoms with E-state index in [1.54, 1.807) is 26.0 Å². The van der Waals surface area contributed by atoms with Crippen LogP contribution in [-0.4, -0.2) is 40.1 Å². The van der Waals surface area contributed by atoms with Crippen LogP contribution in [0.4, 0.5) is 0 Å². The van der Waals surface area contributed by atoms with Gasteiger partial charge in [-0.3, -0.25) is 0 Å². The highest BCUT2D eigenvalue weighted by atomic mass is 32.2. The molecule has 1 aliphatic rings. The summed E-state index contributed by atoms with van der Waals surface area (Å²) in [5, 5.41) is 8.96. The predicted octanol–water partition coefficient (Wildman–Crippen LogP) is 5.67. The van der Waals surface area contributed by atoms with Crippen molar-refractivity contribution < 1.29 is 22.7 Å². The molecule has 35 heavy (non-hydrogen) atoms. The van der Waals surface area contributed by atoms with Crippen LogP contribution in [0.25, 0.3) is 0 Å². The number of hydrogen-bond donors (Lipinski definition) is 2. The van der Waals surface area contributed by atoms with Crippen LogP contribution in [-0.2, 0) is 19.2 Å². The normalized spacial score (nSPS) is 21.7. The van der Waals surface area contributed by atoms with Gasteiger partial charge in [0.25, 0.3) is 6.02 Å². The van der Waals surface area contributed by atoms with Crippen molar-refractivity contribution in [3.8, 4) is 5.75 Å². The SMILES string of the molecule is CC1(C)OC(=N[C@@H](CCO[Si](C)(C)C(C)(C)C)c2ccccc2)NS(=O)(=O)C1c1cccc(O)c1. The molecule has 0 spiro atoms. The summed E-state index contributed by atoms with van der Waals surface area (Å²) in [5.41, 5.74) is 0.286. The fourth-order valence-electron chi connectivity index (χ4n) is 3.96. The fraction of sp³-hybridized carbons (Fsp3) is 0.500. The van der Waals surface area contributed by atoms with Gasteiger partial charge in [0, 0.05) is 6.61 Å². The summed E-state index contributed by atoms with van der Waals surface area (Å²) in [6.45, 7) is 14.9. The number of phenolic OH excluding ortho intramolecular Hbond substituents is 1. The molecular formula is C26H38N2O5SSi. The molecular weight excluding hydrogens is 480 g/mol. The van der Waals surface area contributed by atoms with E-state index >= 15 is 0 Å². The zero-order valence-corrected chi connectivity index (χ0v) is 23.5. The second-order valence-corrected chi connectivity index (χ2v) is 17.7. The number of nitrogens with one attached hydrogen (secondary N) is 1. The van der Waals surface area contributed by atoms with E-state index in [0.29, 0.717) is 18.6 Å². The lowest BCUT2D eigenvalue weighted by atomic mass is 9.97. The number of aliphatic imine (C=N–C) groups is 1. The zero-order valence-electron chi connectivity index (χ0n) is 21.7. The van der Waals surface area contributed by atoms with Gasteiger partial charge in [-0.25, -0.2) is 18.1 Å². The second-order valence-electron chi connectivity index (χ2n) is 11.1. The molecule has 1 saturated heterocycles. The van der Waals surface area contributed by atoms with E-state index in [0.717, 1.165) is 5.56 Å². The second kappa shape index (κ2) is 9.95. The number of benzene rings is 2. The Kier molecular flexibility index (Phi) is 7.74. The van der Waals surface area contributed by atoms with Gasteiger partial charge in [0.1, 0.15) is 16.6 Å². The van der Waals surface area contributed by atoms with Crippen LogP contribution in [0.3, 0.4) is 0 Å². The van der Waals surface area contributed by atoms with Crippen LogP contribution in [0, 0.1) is 0 Å². The molecule has 2 atom stereocenters. The van der Waals surface area contributed by atoms with Gasteiger partial charge in [-0.15, -0.1) is 0 Å². The highest BCUT2D eigenvalue weighted by molar-refractivity contribution is 7.90. The highest BCUT2D eigenvalue weighted by Crippen LogP contribution is 2.40. The highest BCUT2D eigenvalue weighted by Gasteiger charge is 2.48. The number of rotatable bonds is 7. The summed E-state index contributed by atoms with van der Waals surface area (Å²) in [5.74, 6) is -0.00108. The van der Waals surface area contributed by atoms with Crippen molar-refractivity contribution in [2.24, 2.45) is 4.99 Å². The Morgan fingerprint density at radius 3 is 2.37 bits per heavy atom. The molecule has 3 rings (SSSR count). The smallest absolute Gasteiger partial charge is 0.299 e. The van der Waals surface area contributed by atoms with E-state index in [-0.39, 0.29) is 22.9 Å². The molecule has 0 aliphatic carbocycles. The van der Waals surface area contributed by atoms with Crippen LogP contribution in [0.1, 0.15) is 63.5 Å². The topological polar surface area (TPSA) is 97.2 Å². The van der Waals surface area contributed by atoms with Crippen molar-refractivity contribution in [3.63, 3.8) is 0 Å². The number of amidine groups is 1. The summed E-state index contributed by atoms with van der Waals surface area (Å²) in [4.78, 5) is 4.71. The minimum Gasteiger partial charge on any atom is -0.508 e. The fourth-order valence-corrected chi connectivity index (χ4v) is 6.78. The molecule has 1 aliphatic heterocycles. The summed E-state index contributed by atoms with van der Waals surface area (Å²) < 4.78 is 41.7. The third kappa shape index (κ3) is 6.45. The number of hydrogen-bond acceptors (Lipinski definition) is 6. The Bertz CT molecular complexity index is 1160. The van der Waals surface area contributed by atoms with Crippen LogP contribution < -0.4 is 4.72 Å². The quantitative estimate of drug-likeness (QED) is 0.460. The van der Waals surface area contributed by atoms with Gasteiger partial charge in [-0.2, -0.15) is 0 Å². The largest absolute Gasteiger partial charge is 0.508 e. The standard InChI is InChI=1S/C26H38N2O5SSi/c1-25(2,3)35(6,7)32-17-16-22(19-12-9-8-10-13-19)27-24-28-34(30,31)23(26(4,5)33-24)20-14-11-15-21(29)18-20/h8-15,18,22-23,29H,16-17H2,1-7H3,(H,27,28)/t22-,23?/m0/s1. The van der Waals surface area contributed by atoms with Gasteiger partial charge in [0.05, 0.1) is 6.04 Å². The first-order valence-electron chi connectivity index (χ1n) is 11.9. The van der Waals surface area contributed by atoms with Crippen molar-refractivity contribution in [1.29, 1.82) is 0 Å². The predicted molar refractivity (Wildman–Crippen MR) is 142 cm³/mol. The van der Waals surface area contributed by atoms with Crippen molar-refractivity contribution in [2.45, 2.75) is 76.1 Å². The molecule has 7 nitrogen and oxygen atoms in total. The summed E-state index contributed by atoms with van der Waals surface area (Å²) >= 11 is 0. The minimum absolute atomic E-state index is 0.00108. The van der Waals surface area contributed by atoms with Gasteiger partial charge in [0.2, 0.25) is 10.0 Å². The summed E-state index contributed by atoms with van der Waals surface area (Å²) in [6, 6.07) is 15.6. The van der Waals surface area contributed by atoms with E-state index in [1.807, 2.05) is 30.3 Å². The van der Waals surface area contributed by atoms with Gasteiger partial charge in [-0.05, 0) is 61.7 Å². The lowest BCUT2D eigenvalue weighted by Gasteiger charge is -2.39. The van der Waals surface area contributed by atoms with Crippen LogP contribution in [0.15, 0.2) is 59.6 Å². The maximum Gasteiger partial charge on any atom is 0.299 e. The molecule has 0 saturated carbocycles. The molecule has 2 N–H and O–H groups in total. The molecule has 1 heterocycles. The number of aromatic hydroxyl groups is 1. The Hall–Kier alpha value is -2.36. The molecule has 0 amide bonds. The summed E-state index contributed by atoms with van der Waals surface area (Å²) in [7, 11) is -5.82. The Morgan fingerprint density at radius 2 is 1.80 bits per heavy atom. The molecule has 0 bridgehead atoms. The van der Waals surface area contributed by atoms with Gasteiger partial charge in [0.15, 0.2) is 8.32 Å². The molecule has 9 heteroatoms. The average molecular weight is 519 g/mol. The lowest BCUT2D eigenvalue weighted by molar-refractivity contribution is 0.0758. The first kappa shape index (κ1) is 27.2. The van der Waals surface area contributed by atoms with E-state index in [9.17, 15) is 13.5 Å². The molecule has 192 valence electrons. The van der Waals surface area contributed by atoms with Gasteiger partial charge in [-0.1, -0.05) is 63.2 Å². The Morgan fingerprint density at radius 1 is 1.14 bits per heavy atom. The Labute approximate surface area is 210 Å². The number of sulfonamides is 1. The van der Waals surface area contributed by atoms with E-state index in [2.05, 4.69) is 38.6 Å². The van der Waals surface area contributed by atoms with Crippen LogP contribution in [0.2, 0.25) is 18.1 Å². The van der Waals surface area contributed by atoms with Crippen LogP contribution in [0.5, 0.6) is 5.75 Å². The first-order chi connectivity index (χ1) is 16.1. The van der Waals surface area contributed by atoms with Gasteiger partial charge < -0.3 is 14.3 Å². The maximum atomic E-state index is 13.3. The zero-order chi connectivity index (χ0) is 26.1. The molecule has 2 aromatic rings. The maximum absolute atomic E-state index is 13.3. The molecule has 0 radical (unpaired) electrons. The van der Waals surface area contributed by atoms with Crippen molar-refractivity contribution in [3.05, 3.63) is 65.7 Å². The number of ether oxygens (including phenoxy) is 1. The third-order valence-corrected chi connectivity index (χ3v) is 13.3. The van der Waals surface area contributed by atoms with E-state index < -0.39 is 29.2 Å². The Balaban J connectivity index is 1.88. The first-order valence-corrected chi connectivity index (χ1v) is 16.3. The van der Waals surface area contributed by atoms with Crippen molar-refractivity contribution >= 4 is 24.4 Å². The average Bonchev–Trinajstić information content (AvgIpc) is 2.71. The minimum atomic E-state index is -3.88. The van der Waals surface area contributed by atoms with E-state index in [1.165, 1.54) is 12.1 Å². The lowest BCUT2D eigenvalue weighted by Crippen LogP contribution is -2.53. The molecule has 2 aromatic carbocycles. The number of nitrogens with zero attached hydrogens (tertiary/aromatic N) is 1. The molecule has 0 aromatic heterocycles. The molecule has 1 unspecified atom stereocenters. The monoisotopic (exact) mass is 518 g/mol. The van der Waals surface area contributed by atoms with E-state index in [4.69, 9.17) is 14.2 Å². The molecule has 1 fully saturated rings.